The van der Waals surface area contributed by atoms with Crippen molar-refractivity contribution >= 4 is 11.8 Å². The highest BCUT2D eigenvalue weighted by Gasteiger charge is 2.25. The average molecular weight is 238 g/mol. The molecule has 3 rings (SSSR count). The number of fused-ring (bicyclic) bond motifs is 1. The third kappa shape index (κ3) is 1.89. The van der Waals surface area contributed by atoms with Gasteiger partial charge in [-0.3, -0.25) is 0 Å². The molecule has 3 heterocycles. The predicted molar refractivity (Wildman–Crippen MR) is 65.9 cm³/mol. The number of thioether (sulfide) groups is 1. The Labute approximate surface area is 100 Å². The molecule has 0 aliphatic carbocycles. The van der Waals surface area contributed by atoms with Crippen LogP contribution in [-0.2, 0) is 13.0 Å². The summed E-state index contributed by atoms with van der Waals surface area (Å²) >= 11 is 2.05. The van der Waals surface area contributed by atoms with Gasteiger partial charge in [0.15, 0.2) is 0 Å². The van der Waals surface area contributed by atoms with Gasteiger partial charge in [0.1, 0.15) is 5.82 Å². The van der Waals surface area contributed by atoms with E-state index in [1.54, 1.807) is 0 Å². The number of aromatic nitrogens is 2. The van der Waals surface area contributed by atoms with Crippen LogP contribution in [0.3, 0.4) is 0 Å². The number of aliphatic hydroxyl groups excluding tert-OH is 1. The van der Waals surface area contributed by atoms with Crippen molar-refractivity contribution in [1.29, 1.82) is 0 Å². The summed E-state index contributed by atoms with van der Waals surface area (Å²) in [4.78, 5) is 4.60. The molecule has 88 valence electrons. The third-order valence-electron chi connectivity index (χ3n) is 3.68. The van der Waals surface area contributed by atoms with Crippen LogP contribution in [0.25, 0.3) is 0 Å². The molecule has 1 N–H and O–H groups in total. The zero-order chi connectivity index (χ0) is 11.0. The molecular weight excluding hydrogens is 220 g/mol. The van der Waals surface area contributed by atoms with Gasteiger partial charge in [0.25, 0.3) is 0 Å². The summed E-state index contributed by atoms with van der Waals surface area (Å²) in [5.74, 6) is 4.37. The van der Waals surface area contributed by atoms with Gasteiger partial charge in [-0.2, -0.15) is 11.8 Å². The standard InChI is InChI=1S/C12H18N2OS/c15-11-2-1-10-7-13-12(14(10)8-11)9-3-5-16-6-4-9/h7,9,11,15H,1-6,8H2. The Bertz CT molecular complexity index is 371. The summed E-state index contributed by atoms with van der Waals surface area (Å²) in [6, 6.07) is 0. The maximum atomic E-state index is 9.74. The van der Waals surface area contributed by atoms with E-state index in [9.17, 15) is 5.11 Å². The fraction of sp³-hybridized carbons (Fsp3) is 0.750. The van der Waals surface area contributed by atoms with Gasteiger partial charge in [0.05, 0.1) is 12.6 Å². The lowest BCUT2D eigenvalue weighted by Crippen LogP contribution is -2.26. The van der Waals surface area contributed by atoms with Gasteiger partial charge in [-0.15, -0.1) is 0 Å². The Balaban J connectivity index is 1.86. The molecule has 1 saturated heterocycles. The normalized spacial score (nSPS) is 26.7. The molecule has 0 aromatic carbocycles. The highest BCUT2D eigenvalue weighted by Crippen LogP contribution is 2.32. The first-order chi connectivity index (χ1) is 7.84. The maximum Gasteiger partial charge on any atom is 0.112 e. The van der Waals surface area contributed by atoms with E-state index in [0.717, 1.165) is 19.4 Å². The van der Waals surface area contributed by atoms with E-state index in [2.05, 4.69) is 9.55 Å². The second-order valence-electron chi connectivity index (χ2n) is 4.80. The number of rotatable bonds is 1. The van der Waals surface area contributed by atoms with Gasteiger partial charge in [0.2, 0.25) is 0 Å². The van der Waals surface area contributed by atoms with Crippen LogP contribution in [0.2, 0.25) is 0 Å². The number of aliphatic hydroxyl groups is 1. The van der Waals surface area contributed by atoms with E-state index >= 15 is 0 Å². The average Bonchev–Trinajstić information content (AvgIpc) is 2.73. The van der Waals surface area contributed by atoms with Crippen LogP contribution >= 0.6 is 11.8 Å². The van der Waals surface area contributed by atoms with Gasteiger partial charge < -0.3 is 9.67 Å². The molecule has 0 radical (unpaired) electrons. The van der Waals surface area contributed by atoms with Crippen LogP contribution in [0.15, 0.2) is 6.20 Å². The van der Waals surface area contributed by atoms with Gasteiger partial charge >= 0.3 is 0 Å². The smallest absolute Gasteiger partial charge is 0.112 e. The number of imidazole rings is 1. The van der Waals surface area contributed by atoms with E-state index in [0.29, 0.717) is 5.92 Å². The molecule has 16 heavy (non-hydrogen) atoms. The molecule has 1 unspecified atom stereocenters. The Morgan fingerprint density at radius 3 is 2.94 bits per heavy atom. The Hall–Kier alpha value is -0.480. The summed E-state index contributed by atoms with van der Waals surface area (Å²) in [6.07, 6.45) is 6.22. The predicted octanol–water partition coefficient (Wildman–Crippen LogP) is 1.80. The SMILES string of the molecule is OC1CCc2cnc(C3CCSCC3)n2C1. The summed E-state index contributed by atoms with van der Waals surface area (Å²) in [7, 11) is 0. The van der Waals surface area contributed by atoms with Gasteiger partial charge in [-0.05, 0) is 37.2 Å². The van der Waals surface area contributed by atoms with E-state index < -0.39 is 0 Å². The molecule has 0 saturated carbocycles. The van der Waals surface area contributed by atoms with Crippen molar-refractivity contribution in [2.45, 2.75) is 44.2 Å². The molecule has 2 aliphatic rings. The summed E-state index contributed by atoms with van der Waals surface area (Å²) in [5, 5.41) is 9.74. The van der Waals surface area contributed by atoms with Crippen LogP contribution in [0, 0.1) is 0 Å². The van der Waals surface area contributed by atoms with Crippen molar-refractivity contribution < 1.29 is 5.11 Å². The lowest BCUT2D eigenvalue weighted by Gasteiger charge is -2.26. The minimum atomic E-state index is -0.168. The van der Waals surface area contributed by atoms with Crippen LogP contribution in [0.1, 0.15) is 36.7 Å². The van der Waals surface area contributed by atoms with Crippen molar-refractivity contribution in [3.8, 4) is 0 Å². The number of nitrogens with zero attached hydrogens (tertiary/aromatic N) is 2. The fourth-order valence-corrected chi connectivity index (χ4v) is 3.84. The van der Waals surface area contributed by atoms with Crippen LogP contribution in [0.4, 0.5) is 0 Å². The first-order valence-electron chi connectivity index (χ1n) is 6.14. The maximum absolute atomic E-state index is 9.74. The molecule has 4 heteroatoms. The molecule has 3 nitrogen and oxygen atoms in total. The lowest BCUT2D eigenvalue weighted by molar-refractivity contribution is 0.129. The van der Waals surface area contributed by atoms with Gasteiger partial charge in [-0.25, -0.2) is 4.98 Å². The monoisotopic (exact) mass is 238 g/mol. The minimum absolute atomic E-state index is 0.168. The summed E-state index contributed by atoms with van der Waals surface area (Å²) < 4.78 is 2.27. The Kier molecular flexibility index (Phi) is 2.94. The van der Waals surface area contributed by atoms with Crippen molar-refractivity contribution in [2.75, 3.05) is 11.5 Å². The van der Waals surface area contributed by atoms with Crippen LogP contribution < -0.4 is 0 Å². The third-order valence-corrected chi connectivity index (χ3v) is 4.73. The molecule has 1 atom stereocenters. The van der Waals surface area contributed by atoms with Crippen molar-refractivity contribution in [3.05, 3.63) is 17.7 Å². The molecular formula is C12H18N2OS. The molecule has 1 fully saturated rings. The highest BCUT2D eigenvalue weighted by molar-refractivity contribution is 7.99. The first kappa shape index (κ1) is 10.7. The number of aryl methyl sites for hydroxylation is 1. The molecule has 2 aliphatic heterocycles. The van der Waals surface area contributed by atoms with Crippen LogP contribution in [-0.4, -0.2) is 32.3 Å². The van der Waals surface area contributed by atoms with Crippen molar-refractivity contribution in [1.82, 2.24) is 9.55 Å². The van der Waals surface area contributed by atoms with Crippen LogP contribution in [0.5, 0.6) is 0 Å². The molecule has 1 aromatic heterocycles. The van der Waals surface area contributed by atoms with Crippen molar-refractivity contribution in [2.24, 2.45) is 0 Å². The second kappa shape index (κ2) is 4.41. The zero-order valence-electron chi connectivity index (χ0n) is 9.43. The Morgan fingerprint density at radius 1 is 1.31 bits per heavy atom. The minimum Gasteiger partial charge on any atom is -0.391 e. The van der Waals surface area contributed by atoms with Gasteiger partial charge in [-0.1, -0.05) is 0 Å². The quantitative estimate of drug-likeness (QED) is 0.811. The first-order valence-corrected chi connectivity index (χ1v) is 7.30. The van der Waals surface area contributed by atoms with Crippen molar-refractivity contribution in [3.63, 3.8) is 0 Å². The number of hydrogen-bond donors (Lipinski definition) is 1. The second-order valence-corrected chi connectivity index (χ2v) is 6.02. The topological polar surface area (TPSA) is 38.1 Å². The Morgan fingerprint density at radius 2 is 2.12 bits per heavy atom. The van der Waals surface area contributed by atoms with E-state index in [4.69, 9.17) is 0 Å². The van der Waals surface area contributed by atoms with Gasteiger partial charge in [0, 0.05) is 17.8 Å². The largest absolute Gasteiger partial charge is 0.391 e. The van der Waals surface area contributed by atoms with E-state index in [1.165, 1.54) is 35.9 Å². The van der Waals surface area contributed by atoms with E-state index in [-0.39, 0.29) is 6.10 Å². The summed E-state index contributed by atoms with van der Waals surface area (Å²) in [5.41, 5.74) is 1.32. The molecule has 0 amide bonds. The zero-order valence-corrected chi connectivity index (χ0v) is 10.2. The lowest BCUT2D eigenvalue weighted by atomic mass is 10.0. The number of hydrogen-bond acceptors (Lipinski definition) is 3. The molecule has 0 spiro atoms. The fourth-order valence-electron chi connectivity index (χ4n) is 2.74. The molecule has 1 aromatic rings. The molecule has 0 bridgehead atoms. The van der Waals surface area contributed by atoms with E-state index in [1.807, 2.05) is 18.0 Å². The summed E-state index contributed by atoms with van der Waals surface area (Å²) in [6.45, 7) is 0.758. The highest BCUT2D eigenvalue weighted by atomic mass is 32.2.